The van der Waals surface area contributed by atoms with Gasteiger partial charge in [-0.2, -0.15) is 0 Å². The van der Waals surface area contributed by atoms with Gasteiger partial charge in [0.25, 0.3) is 0 Å². The molecule has 0 saturated heterocycles. The molecule has 0 bridgehead atoms. The Labute approximate surface area is 444 Å². The summed E-state index contributed by atoms with van der Waals surface area (Å²) in [6, 6.07) is 0. The van der Waals surface area contributed by atoms with Crippen LogP contribution in [0.15, 0.2) is 0 Å². The van der Waals surface area contributed by atoms with Gasteiger partial charge >= 0.3 is 17.9 Å². The molecule has 0 fully saturated rings. The molecule has 71 heavy (non-hydrogen) atoms. The maximum atomic E-state index is 12.9. The highest BCUT2D eigenvalue weighted by Crippen LogP contribution is 2.19. The van der Waals surface area contributed by atoms with E-state index in [0.717, 1.165) is 63.7 Å². The standard InChI is InChI=1S/C65H126O6/c1-5-7-9-11-13-15-17-19-21-23-24-26-28-34-38-42-46-50-54-58-65(68)71-62(59-69-63(66)56-52-48-44-40-36-32-27-25-22-20-18-16-14-12-10-8-6-2)60-70-64(67)57-53-49-45-41-37-33-30-29-31-35-39-43-47-51-55-61(3)4/h61-62H,5-60H2,1-4H3/t62-/m1/s1. The molecule has 0 rings (SSSR count). The van der Waals surface area contributed by atoms with E-state index in [1.807, 2.05) is 0 Å². The summed E-state index contributed by atoms with van der Waals surface area (Å²) in [7, 11) is 0. The predicted octanol–water partition coefficient (Wildman–Crippen LogP) is 21.7. The van der Waals surface area contributed by atoms with Gasteiger partial charge in [0.15, 0.2) is 6.10 Å². The molecule has 0 spiro atoms. The Balaban J connectivity index is 4.28. The SMILES string of the molecule is CCCCCCCCCCCCCCCCCCCCCC(=O)O[C@H](COC(=O)CCCCCCCCCCCCCCCCCCC)COC(=O)CCCCCCCCCCCCCCCCC(C)C. The summed E-state index contributed by atoms with van der Waals surface area (Å²) in [5.41, 5.74) is 0. The van der Waals surface area contributed by atoms with Crippen LogP contribution >= 0.6 is 0 Å². The lowest BCUT2D eigenvalue weighted by Crippen LogP contribution is -2.30. The molecule has 0 saturated carbocycles. The van der Waals surface area contributed by atoms with Gasteiger partial charge in [-0.1, -0.05) is 336 Å². The van der Waals surface area contributed by atoms with E-state index in [2.05, 4.69) is 27.7 Å². The molecule has 1 atom stereocenters. The van der Waals surface area contributed by atoms with Crippen molar-refractivity contribution in [3.05, 3.63) is 0 Å². The summed E-state index contributed by atoms with van der Waals surface area (Å²) in [6.07, 6.45) is 66.8. The van der Waals surface area contributed by atoms with E-state index in [4.69, 9.17) is 14.2 Å². The zero-order valence-corrected chi connectivity index (χ0v) is 48.7. The van der Waals surface area contributed by atoms with Crippen molar-refractivity contribution in [2.75, 3.05) is 13.2 Å². The van der Waals surface area contributed by atoms with Crippen LogP contribution in [-0.2, 0) is 28.6 Å². The third-order valence-corrected chi connectivity index (χ3v) is 15.0. The van der Waals surface area contributed by atoms with Gasteiger partial charge in [-0.15, -0.1) is 0 Å². The van der Waals surface area contributed by atoms with Crippen LogP contribution in [0.2, 0.25) is 0 Å². The Morgan fingerprint density at radius 3 is 0.690 bits per heavy atom. The van der Waals surface area contributed by atoms with Crippen LogP contribution in [-0.4, -0.2) is 37.2 Å². The third-order valence-electron chi connectivity index (χ3n) is 15.0. The highest BCUT2D eigenvalue weighted by atomic mass is 16.6. The van der Waals surface area contributed by atoms with Crippen LogP contribution in [0, 0.1) is 5.92 Å². The summed E-state index contributed by atoms with van der Waals surface area (Å²) < 4.78 is 17.0. The Morgan fingerprint density at radius 1 is 0.268 bits per heavy atom. The molecular formula is C65H126O6. The van der Waals surface area contributed by atoms with E-state index >= 15 is 0 Å². The molecule has 6 heteroatoms. The summed E-state index contributed by atoms with van der Waals surface area (Å²) in [5.74, 6) is 0.0184. The molecule has 0 aromatic carbocycles. The Morgan fingerprint density at radius 2 is 0.465 bits per heavy atom. The average molecular weight is 1000 g/mol. The van der Waals surface area contributed by atoms with Crippen LogP contribution in [0.1, 0.15) is 374 Å². The fourth-order valence-corrected chi connectivity index (χ4v) is 10.2. The van der Waals surface area contributed by atoms with Crippen LogP contribution in [0.4, 0.5) is 0 Å². The first-order valence-electron chi connectivity index (χ1n) is 32.4. The first-order valence-corrected chi connectivity index (χ1v) is 32.4. The molecule has 0 aliphatic rings. The number of unbranched alkanes of at least 4 members (excludes halogenated alkanes) is 47. The van der Waals surface area contributed by atoms with Crippen molar-refractivity contribution in [1.82, 2.24) is 0 Å². The van der Waals surface area contributed by atoms with Crippen LogP contribution in [0.25, 0.3) is 0 Å². The molecule has 0 aromatic heterocycles. The number of ether oxygens (including phenoxy) is 3. The average Bonchev–Trinajstić information content (AvgIpc) is 3.36. The van der Waals surface area contributed by atoms with Crippen molar-refractivity contribution in [1.29, 1.82) is 0 Å². The first-order chi connectivity index (χ1) is 34.9. The molecule has 0 aromatic rings. The Kier molecular flexibility index (Phi) is 58.0. The van der Waals surface area contributed by atoms with Gasteiger partial charge in [0.05, 0.1) is 0 Å². The molecule has 0 radical (unpaired) electrons. The zero-order valence-electron chi connectivity index (χ0n) is 48.7. The fraction of sp³-hybridized carbons (Fsp3) is 0.954. The third kappa shape index (κ3) is 59.2. The van der Waals surface area contributed by atoms with E-state index in [1.54, 1.807) is 0 Å². The van der Waals surface area contributed by atoms with Gasteiger partial charge in [-0.05, 0) is 25.2 Å². The summed E-state index contributed by atoms with van der Waals surface area (Å²) in [5, 5.41) is 0. The molecule has 0 unspecified atom stereocenters. The molecule has 0 aliphatic heterocycles. The van der Waals surface area contributed by atoms with E-state index in [9.17, 15) is 14.4 Å². The summed E-state index contributed by atoms with van der Waals surface area (Å²) in [4.78, 5) is 38.3. The van der Waals surface area contributed by atoms with E-state index in [0.29, 0.717) is 19.3 Å². The minimum atomic E-state index is -0.763. The van der Waals surface area contributed by atoms with Crippen molar-refractivity contribution in [2.45, 2.75) is 381 Å². The number of hydrogen-bond acceptors (Lipinski definition) is 6. The molecule has 0 heterocycles. The van der Waals surface area contributed by atoms with Crippen LogP contribution in [0.3, 0.4) is 0 Å². The lowest BCUT2D eigenvalue weighted by molar-refractivity contribution is -0.167. The van der Waals surface area contributed by atoms with Gasteiger partial charge in [0.2, 0.25) is 0 Å². The van der Waals surface area contributed by atoms with Crippen LogP contribution < -0.4 is 0 Å². The number of carbonyl (C=O) groups is 3. The highest BCUT2D eigenvalue weighted by Gasteiger charge is 2.19. The minimum absolute atomic E-state index is 0.0611. The topological polar surface area (TPSA) is 78.9 Å². The van der Waals surface area contributed by atoms with Gasteiger partial charge in [-0.25, -0.2) is 0 Å². The molecule has 6 nitrogen and oxygen atoms in total. The van der Waals surface area contributed by atoms with Gasteiger partial charge in [0, 0.05) is 19.3 Å². The van der Waals surface area contributed by atoms with Gasteiger partial charge in [-0.3, -0.25) is 14.4 Å². The molecule has 0 N–H and O–H groups in total. The van der Waals surface area contributed by atoms with Crippen molar-refractivity contribution in [3.63, 3.8) is 0 Å². The van der Waals surface area contributed by atoms with Crippen molar-refractivity contribution >= 4 is 17.9 Å². The largest absolute Gasteiger partial charge is 0.462 e. The number of rotatable bonds is 60. The smallest absolute Gasteiger partial charge is 0.306 e. The summed E-state index contributed by atoms with van der Waals surface area (Å²) in [6.45, 7) is 9.10. The van der Waals surface area contributed by atoms with Gasteiger partial charge < -0.3 is 14.2 Å². The van der Waals surface area contributed by atoms with Crippen molar-refractivity contribution < 1.29 is 28.6 Å². The molecule has 0 aliphatic carbocycles. The number of hydrogen-bond donors (Lipinski definition) is 0. The second kappa shape index (κ2) is 59.3. The molecule has 422 valence electrons. The Hall–Kier alpha value is -1.59. The second-order valence-corrected chi connectivity index (χ2v) is 22.9. The fourth-order valence-electron chi connectivity index (χ4n) is 10.2. The predicted molar refractivity (Wildman–Crippen MR) is 307 cm³/mol. The van der Waals surface area contributed by atoms with E-state index in [-0.39, 0.29) is 31.1 Å². The lowest BCUT2D eigenvalue weighted by atomic mass is 10.0. The maximum Gasteiger partial charge on any atom is 0.306 e. The van der Waals surface area contributed by atoms with Crippen LogP contribution in [0.5, 0.6) is 0 Å². The monoisotopic (exact) mass is 1000 g/mol. The summed E-state index contributed by atoms with van der Waals surface area (Å²) >= 11 is 0. The molecule has 0 amide bonds. The maximum absolute atomic E-state index is 12.9. The highest BCUT2D eigenvalue weighted by molar-refractivity contribution is 5.71. The Bertz CT molecular complexity index is 1070. The van der Waals surface area contributed by atoms with Crippen molar-refractivity contribution in [3.8, 4) is 0 Å². The zero-order chi connectivity index (χ0) is 51.6. The van der Waals surface area contributed by atoms with Gasteiger partial charge in [0.1, 0.15) is 13.2 Å². The quantitative estimate of drug-likeness (QED) is 0.0343. The number of carbonyl (C=O) groups excluding carboxylic acids is 3. The lowest BCUT2D eigenvalue weighted by Gasteiger charge is -2.18. The number of esters is 3. The van der Waals surface area contributed by atoms with Crippen molar-refractivity contribution in [2.24, 2.45) is 5.92 Å². The van der Waals surface area contributed by atoms with E-state index in [1.165, 1.54) is 270 Å². The minimum Gasteiger partial charge on any atom is -0.462 e. The second-order valence-electron chi connectivity index (χ2n) is 22.9. The normalized spacial score (nSPS) is 12.0. The van der Waals surface area contributed by atoms with E-state index < -0.39 is 6.10 Å². The molecular weight excluding hydrogens is 877 g/mol. The first kappa shape index (κ1) is 69.4.